The normalized spacial score (nSPS) is 11.6. The highest BCUT2D eigenvalue weighted by molar-refractivity contribution is 6.30. The summed E-state index contributed by atoms with van der Waals surface area (Å²) in [4.78, 5) is 12.9. The Bertz CT molecular complexity index is 864. The Morgan fingerprint density at radius 1 is 1.19 bits per heavy atom. The summed E-state index contributed by atoms with van der Waals surface area (Å²) >= 11 is 6.14. The van der Waals surface area contributed by atoms with E-state index in [0.29, 0.717) is 23.1 Å². The van der Waals surface area contributed by atoms with Crippen molar-refractivity contribution in [2.45, 2.75) is 40.0 Å². The van der Waals surface area contributed by atoms with Gasteiger partial charge in [-0.15, -0.1) is 0 Å². The van der Waals surface area contributed by atoms with Crippen molar-refractivity contribution in [2.75, 3.05) is 6.54 Å². The Morgan fingerprint density at radius 2 is 1.89 bits per heavy atom. The molecule has 0 atom stereocenters. The predicted octanol–water partition coefficient (Wildman–Crippen LogP) is 6.26. The Balaban J connectivity index is 2.17. The molecule has 2 nitrogen and oxygen atoms in total. The van der Waals surface area contributed by atoms with Crippen LogP contribution in [0.1, 0.15) is 55.9 Å². The van der Waals surface area contributed by atoms with Gasteiger partial charge in [-0.1, -0.05) is 75.4 Å². The summed E-state index contributed by atoms with van der Waals surface area (Å²) in [6.45, 7) is 12.8. The number of aryl methyl sites for hydroxylation is 1. The standard InChI is InChI=1S/C24H28ClNO/c1-6-18-12-13-19(25)14-23(18)17(5)15-26-24(27)20(7-2)22-11-9-8-10-21(22)16(3)4/h7-14,16H,5-6,15H2,1-4H3,(H,26,27)/b20-7+. The van der Waals surface area contributed by atoms with Gasteiger partial charge in [0.15, 0.2) is 0 Å². The molecule has 0 heterocycles. The van der Waals surface area contributed by atoms with Crippen molar-refractivity contribution >= 4 is 28.7 Å². The summed E-state index contributed by atoms with van der Waals surface area (Å²) in [5.74, 6) is 0.254. The number of halogens is 1. The summed E-state index contributed by atoms with van der Waals surface area (Å²) < 4.78 is 0. The number of carbonyl (C=O) groups excluding carboxylic acids is 1. The van der Waals surface area contributed by atoms with Gasteiger partial charge >= 0.3 is 0 Å². The van der Waals surface area contributed by atoms with Crippen LogP contribution in [0.5, 0.6) is 0 Å². The first-order chi connectivity index (χ1) is 12.9. The molecular formula is C24H28ClNO. The van der Waals surface area contributed by atoms with Gasteiger partial charge in [-0.3, -0.25) is 4.79 Å². The van der Waals surface area contributed by atoms with Gasteiger partial charge in [0.05, 0.1) is 0 Å². The average Bonchev–Trinajstić information content (AvgIpc) is 2.66. The van der Waals surface area contributed by atoms with E-state index in [1.165, 1.54) is 11.1 Å². The third kappa shape index (κ3) is 5.11. The van der Waals surface area contributed by atoms with Crippen LogP contribution < -0.4 is 5.32 Å². The van der Waals surface area contributed by atoms with Crippen LogP contribution in [0.3, 0.4) is 0 Å². The van der Waals surface area contributed by atoms with Gasteiger partial charge in [-0.05, 0) is 59.2 Å². The minimum absolute atomic E-state index is 0.0909. The molecule has 2 rings (SSSR count). The molecule has 0 bridgehead atoms. The van der Waals surface area contributed by atoms with Crippen LogP contribution in [0.25, 0.3) is 11.1 Å². The summed E-state index contributed by atoms with van der Waals surface area (Å²) in [6, 6.07) is 13.9. The molecule has 0 fully saturated rings. The van der Waals surface area contributed by atoms with Crippen LogP contribution in [0.15, 0.2) is 55.1 Å². The van der Waals surface area contributed by atoms with Crippen molar-refractivity contribution in [1.82, 2.24) is 5.32 Å². The van der Waals surface area contributed by atoms with Gasteiger partial charge in [0, 0.05) is 17.1 Å². The molecular weight excluding hydrogens is 354 g/mol. The van der Waals surface area contributed by atoms with Crippen molar-refractivity contribution in [3.8, 4) is 0 Å². The molecule has 0 aliphatic rings. The van der Waals surface area contributed by atoms with Crippen LogP contribution >= 0.6 is 11.6 Å². The molecule has 0 spiro atoms. The fourth-order valence-corrected chi connectivity index (χ4v) is 3.39. The minimum atomic E-state index is -0.0909. The number of hydrogen-bond acceptors (Lipinski definition) is 1. The minimum Gasteiger partial charge on any atom is -0.348 e. The molecule has 0 aromatic heterocycles. The summed E-state index contributed by atoms with van der Waals surface area (Å²) in [6.07, 6.45) is 2.76. The van der Waals surface area contributed by atoms with E-state index < -0.39 is 0 Å². The van der Waals surface area contributed by atoms with Gasteiger partial charge in [0.1, 0.15) is 0 Å². The van der Waals surface area contributed by atoms with Gasteiger partial charge in [-0.25, -0.2) is 0 Å². The van der Waals surface area contributed by atoms with Crippen molar-refractivity contribution < 1.29 is 4.79 Å². The number of benzene rings is 2. The molecule has 0 aliphatic heterocycles. The molecule has 0 aliphatic carbocycles. The first-order valence-electron chi connectivity index (χ1n) is 9.39. The van der Waals surface area contributed by atoms with E-state index in [-0.39, 0.29) is 5.91 Å². The van der Waals surface area contributed by atoms with Crippen LogP contribution in [0.2, 0.25) is 5.02 Å². The van der Waals surface area contributed by atoms with E-state index in [1.54, 1.807) is 0 Å². The second-order valence-electron chi connectivity index (χ2n) is 6.89. The van der Waals surface area contributed by atoms with Crippen molar-refractivity contribution in [3.63, 3.8) is 0 Å². The van der Waals surface area contributed by atoms with Crippen molar-refractivity contribution in [2.24, 2.45) is 0 Å². The number of carbonyl (C=O) groups is 1. The third-order valence-electron chi connectivity index (χ3n) is 4.70. The largest absolute Gasteiger partial charge is 0.348 e. The smallest absolute Gasteiger partial charge is 0.251 e. The zero-order valence-electron chi connectivity index (χ0n) is 16.6. The summed E-state index contributed by atoms with van der Waals surface area (Å²) in [7, 11) is 0. The lowest BCUT2D eigenvalue weighted by Crippen LogP contribution is -2.26. The van der Waals surface area contributed by atoms with E-state index >= 15 is 0 Å². The summed E-state index contributed by atoms with van der Waals surface area (Å²) in [5.41, 5.74) is 5.88. The predicted molar refractivity (Wildman–Crippen MR) is 117 cm³/mol. The molecule has 0 radical (unpaired) electrons. The Kier molecular flexibility index (Phi) is 7.44. The highest BCUT2D eigenvalue weighted by atomic mass is 35.5. The molecule has 0 unspecified atom stereocenters. The highest BCUT2D eigenvalue weighted by Gasteiger charge is 2.16. The van der Waals surface area contributed by atoms with Crippen LogP contribution in [-0.4, -0.2) is 12.5 Å². The lowest BCUT2D eigenvalue weighted by atomic mass is 9.92. The van der Waals surface area contributed by atoms with Crippen LogP contribution in [0, 0.1) is 0 Å². The van der Waals surface area contributed by atoms with E-state index in [9.17, 15) is 4.79 Å². The highest BCUT2D eigenvalue weighted by Crippen LogP contribution is 2.26. The quantitative estimate of drug-likeness (QED) is 0.563. The molecule has 1 amide bonds. The van der Waals surface area contributed by atoms with Crippen molar-refractivity contribution in [3.05, 3.63) is 82.4 Å². The van der Waals surface area contributed by atoms with E-state index in [1.807, 2.05) is 49.4 Å². The second kappa shape index (κ2) is 9.57. The Labute approximate surface area is 168 Å². The Hall–Kier alpha value is -2.32. The zero-order valence-corrected chi connectivity index (χ0v) is 17.4. The van der Waals surface area contributed by atoms with E-state index in [0.717, 1.165) is 23.1 Å². The monoisotopic (exact) mass is 381 g/mol. The van der Waals surface area contributed by atoms with E-state index in [4.69, 9.17) is 11.6 Å². The molecule has 2 aromatic rings. The van der Waals surface area contributed by atoms with Gasteiger partial charge in [0.25, 0.3) is 5.91 Å². The molecule has 2 aromatic carbocycles. The lowest BCUT2D eigenvalue weighted by molar-refractivity contribution is -0.115. The average molecular weight is 382 g/mol. The number of hydrogen-bond donors (Lipinski definition) is 1. The van der Waals surface area contributed by atoms with Gasteiger partial charge < -0.3 is 5.32 Å². The molecule has 3 heteroatoms. The maximum atomic E-state index is 12.9. The SMILES string of the molecule is C=C(CNC(=O)/C(=C/C)c1ccccc1C(C)C)c1cc(Cl)ccc1CC. The first kappa shape index (κ1) is 21.0. The van der Waals surface area contributed by atoms with Crippen LogP contribution in [0.4, 0.5) is 0 Å². The fourth-order valence-electron chi connectivity index (χ4n) is 3.22. The number of allylic oxidation sites excluding steroid dienone is 1. The summed E-state index contributed by atoms with van der Waals surface area (Å²) in [5, 5.41) is 3.69. The number of amides is 1. The molecule has 1 N–H and O–H groups in total. The Morgan fingerprint density at radius 3 is 2.52 bits per heavy atom. The molecule has 142 valence electrons. The third-order valence-corrected chi connectivity index (χ3v) is 4.94. The zero-order chi connectivity index (χ0) is 20.0. The number of nitrogens with one attached hydrogen (secondary N) is 1. The molecule has 0 saturated carbocycles. The van der Waals surface area contributed by atoms with Gasteiger partial charge in [0.2, 0.25) is 0 Å². The molecule has 0 saturated heterocycles. The second-order valence-corrected chi connectivity index (χ2v) is 7.32. The first-order valence-corrected chi connectivity index (χ1v) is 9.77. The number of rotatable bonds is 7. The van der Waals surface area contributed by atoms with Crippen LogP contribution in [-0.2, 0) is 11.2 Å². The maximum absolute atomic E-state index is 12.9. The topological polar surface area (TPSA) is 29.1 Å². The lowest BCUT2D eigenvalue weighted by Gasteiger charge is -2.17. The van der Waals surface area contributed by atoms with Gasteiger partial charge in [-0.2, -0.15) is 0 Å². The molecule has 27 heavy (non-hydrogen) atoms. The maximum Gasteiger partial charge on any atom is 0.251 e. The fraction of sp³-hybridized carbons (Fsp3) is 0.292. The van der Waals surface area contributed by atoms with E-state index in [2.05, 4.69) is 38.7 Å². The van der Waals surface area contributed by atoms with Crippen molar-refractivity contribution in [1.29, 1.82) is 0 Å².